The molecule has 1 atom stereocenters. The second-order valence-corrected chi connectivity index (χ2v) is 7.74. The van der Waals surface area contributed by atoms with Crippen LogP contribution in [0.1, 0.15) is 19.3 Å². The number of likely N-dealkylation sites (N-methyl/N-ethyl adjacent to an activating group) is 1. The first-order valence-corrected chi connectivity index (χ1v) is 8.95. The molecule has 1 fully saturated rings. The fraction of sp³-hybridized carbons (Fsp3) is 0.727. The minimum atomic E-state index is -3.34. The lowest BCUT2D eigenvalue weighted by atomic mass is 10.0. The van der Waals surface area contributed by atoms with Crippen molar-refractivity contribution in [3.8, 4) is 0 Å². The Balaban J connectivity index is 2.08. The molecule has 0 aromatic carbocycles. The lowest BCUT2D eigenvalue weighted by Crippen LogP contribution is -2.40. The van der Waals surface area contributed by atoms with E-state index in [1.165, 1.54) is 12.8 Å². The van der Waals surface area contributed by atoms with Crippen LogP contribution < -0.4 is 11.1 Å². The Labute approximate surface area is 118 Å². The van der Waals surface area contributed by atoms with Gasteiger partial charge in [-0.3, -0.25) is 0 Å². The lowest BCUT2D eigenvalue weighted by Gasteiger charge is -2.32. The van der Waals surface area contributed by atoms with Gasteiger partial charge in [-0.25, -0.2) is 8.42 Å². The Morgan fingerprint density at radius 1 is 1.53 bits per heavy atom. The van der Waals surface area contributed by atoms with Crippen LogP contribution in [0.2, 0.25) is 0 Å². The number of rotatable bonds is 4. The first kappa shape index (κ1) is 14.5. The van der Waals surface area contributed by atoms with Crippen LogP contribution in [-0.4, -0.2) is 50.1 Å². The molecule has 2 heterocycles. The van der Waals surface area contributed by atoms with E-state index in [1.54, 1.807) is 0 Å². The molecule has 0 spiro atoms. The van der Waals surface area contributed by atoms with Gasteiger partial charge in [-0.05, 0) is 38.0 Å². The van der Waals surface area contributed by atoms with Gasteiger partial charge in [-0.1, -0.05) is 6.42 Å². The van der Waals surface area contributed by atoms with E-state index in [0.29, 0.717) is 11.0 Å². The van der Waals surface area contributed by atoms with Gasteiger partial charge in [0.25, 0.3) is 0 Å². The summed E-state index contributed by atoms with van der Waals surface area (Å²) >= 11 is 1.11. The Hall–Kier alpha value is -0.860. The highest BCUT2D eigenvalue weighted by atomic mass is 32.2. The SMILES string of the molecule is CN1CCCCC1CNc1snc(N)c1S(C)(=O)=O. The van der Waals surface area contributed by atoms with E-state index in [2.05, 4.69) is 21.6 Å². The van der Waals surface area contributed by atoms with Crippen LogP contribution in [-0.2, 0) is 9.84 Å². The normalized spacial score (nSPS) is 21.5. The van der Waals surface area contributed by atoms with E-state index in [1.807, 2.05) is 0 Å². The van der Waals surface area contributed by atoms with Gasteiger partial charge >= 0.3 is 0 Å². The maximum absolute atomic E-state index is 11.7. The fourth-order valence-electron chi connectivity index (χ4n) is 2.38. The summed E-state index contributed by atoms with van der Waals surface area (Å²) in [7, 11) is -1.24. The van der Waals surface area contributed by atoms with Crippen molar-refractivity contribution >= 4 is 32.2 Å². The molecular weight excluding hydrogens is 284 g/mol. The second kappa shape index (κ2) is 5.64. The van der Waals surface area contributed by atoms with E-state index >= 15 is 0 Å². The number of anilines is 2. The van der Waals surface area contributed by atoms with Crippen LogP contribution in [0.25, 0.3) is 0 Å². The number of nitrogens with zero attached hydrogens (tertiary/aromatic N) is 2. The van der Waals surface area contributed by atoms with E-state index in [9.17, 15) is 8.42 Å². The summed E-state index contributed by atoms with van der Waals surface area (Å²) in [6.45, 7) is 1.82. The highest BCUT2D eigenvalue weighted by Gasteiger charge is 2.23. The van der Waals surface area contributed by atoms with E-state index in [-0.39, 0.29) is 10.7 Å². The summed E-state index contributed by atoms with van der Waals surface area (Å²) in [5.41, 5.74) is 5.63. The minimum Gasteiger partial charge on any atom is -0.382 e. The third kappa shape index (κ3) is 3.37. The van der Waals surface area contributed by atoms with E-state index < -0.39 is 9.84 Å². The maximum Gasteiger partial charge on any atom is 0.182 e. The summed E-state index contributed by atoms with van der Waals surface area (Å²) < 4.78 is 27.3. The van der Waals surface area contributed by atoms with E-state index in [4.69, 9.17) is 5.73 Å². The zero-order chi connectivity index (χ0) is 14.0. The van der Waals surface area contributed by atoms with Gasteiger partial charge in [0.05, 0.1) is 0 Å². The summed E-state index contributed by atoms with van der Waals surface area (Å²) in [5, 5.41) is 3.75. The Morgan fingerprint density at radius 3 is 2.89 bits per heavy atom. The van der Waals surface area contributed by atoms with Gasteiger partial charge in [0.1, 0.15) is 9.90 Å². The highest BCUT2D eigenvalue weighted by molar-refractivity contribution is 7.91. The lowest BCUT2D eigenvalue weighted by molar-refractivity contribution is 0.194. The molecule has 108 valence electrons. The molecule has 19 heavy (non-hydrogen) atoms. The molecule has 8 heteroatoms. The topological polar surface area (TPSA) is 88.3 Å². The average Bonchev–Trinajstić information content (AvgIpc) is 2.69. The molecule has 0 bridgehead atoms. The maximum atomic E-state index is 11.7. The summed E-state index contributed by atoms with van der Waals surface area (Å²) in [6.07, 6.45) is 4.74. The molecule has 1 aromatic heterocycles. The molecule has 0 amide bonds. The first-order chi connectivity index (χ1) is 8.89. The largest absolute Gasteiger partial charge is 0.382 e. The quantitative estimate of drug-likeness (QED) is 0.863. The number of hydrogen-bond acceptors (Lipinski definition) is 7. The van der Waals surface area contributed by atoms with Crippen LogP contribution in [0.15, 0.2) is 4.90 Å². The van der Waals surface area contributed by atoms with Crippen LogP contribution in [0.4, 0.5) is 10.8 Å². The number of likely N-dealkylation sites (tertiary alicyclic amines) is 1. The number of nitrogens with two attached hydrogens (primary N) is 1. The molecule has 0 radical (unpaired) electrons. The van der Waals surface area contributed by atoms with Crippen LogP contribution in [0.5, 0.6) is 0 Å². The Morgan fingerprint density at radius 2 is 2.26 bits per heavy atom. The van der Waals surface area contributed by atoms with Crippen molar-refractivity contribution < 1.29 is 8.42 Å². The van der Waals surface area contributed by atoms with E-state index in [0.717, 1.165) is 37.3 Å². The van der Waals surface area contributed by atoms with Crippen molar-refractivity contribution in [3.05, 3.63) is 0 Å². The van der Waals surface area contributed by atoms with Gasteiger partial charge in [-0.15, -0.1) is 0 Å². The van der Waals surface area contributed by atoms with Crippen LogP contribution in [0.3, 0.4) is 0 Å². The molecule has 1 saturated heterocycles. The predicted molar refractivity (Wildman–Crippen MR) is 78.4 cm³/mol. The van der Waals surface area contributed by atoms with Gasteiger partial charge in [-0.2, -0.15) is 4.37 Å². The first-order valence-electron chi connectivity index (χ1n) is 6.29. The number of aromatic nitrogens is 1. The van der Waals surface area contributed by atoms with Crippen LogP contribution >= 0.6 is 11.5 Å². The molecule has 1 aromatic rings. The number of nitrogens with one attached hydrogen (secondary N) is 1. The molecule has 0 aliphatic carbocycles. The number of sulfone groups is 1. The van der Waals surface area contributed by atoms with Crippen LogP contribution in [0, 0.1) is 0 Å². The monoisotopic (exact) mass is 304 g/mol. The molecule has 6 nitrogen and oxygen atoms in total. The summed E-state index contributed by atoms with van der Waals surface area (Å²) in [6, 6.07) is 0.435. The Kier molecular flexibility index (Phi) is 4.32. The molecular formula is C11H20N4O2S2. The smallest absolute Gasteiger partial charge is 0.182 e. The number of hydrogen-bond donors (Lipinski definition) is 2. The standard InChI is InChI=1S/C11H20N4O2S2/c1-15-6-4-3-5-8(15)7-13-11-9(19(2,16)17)10(12)14-18-11/h8,13H,3-7H2,1-2H3,(H2,12,14). The van der Waals surface area contributed by atoms with Gasteiger partial charge in [0.2, 0.25) is 0 Å². The molecule has 3 N–H and O–H groups in total. The minimum absolute atomic E-state index is 0.0898. The molecule has 1 aliphatic rings. The van der Waals surface area contributed by atoms with Crippen molar-refractivity contribution in [1.29, 1.82) is 0 Å². The van der Waals surface area contributed by atoms with Crippen molar-refractivity contribution in [3.63, 3.8) is 0 Å². The van der Waals surface area contributed by atoms with Crippen molar-refractivity contribution in [2.75, 3.05) is 37.4 Å². The summed E-state index contributed by atoms with van der Waals surface area (Å²) in [5.74, 6) is 0.0898. The number of nitrogen functional groups attached to an aromatic ring is 1. The molecule has 0 saturated carbocycles. The second-order valence-electron chi connectivity index (χ2n) is 5.01. The molecule has 1 unspecified atom stereocenters. The zero-order valence-electron chi connectivity index (χ0n) is 11.2. The van der Waals surface area contributed by atoms with Gasteiger partial charge < -0.3 is 16.0 Å². The third-order valence-electron chi connectivity index (χ3n) is 3.46. The highest BCUT2D eigenvalue weighted by Crippen LogP contribution is 2.31. The number of piperidine rings is 1. The Bertz CT molecular complexity index is 541. The van der Waals surface area contributed by atoms with Gasteiger partial charge in [0.15, 0.2) is 15.7 Å². The zero-order valence-corrected chi connectivity index (χ0v) is 12.9. The van der Waals surface area contributed by atoms with Crippen molar-refractivity contribution in [2.24, 2.45) is 0 Å². The third-order valence-corrected chi connectivity index (χ3v) is 5.57. The predicted octanol–water partition coefficient (Wildman–Crippen LogP) is 1.03. The van der Waals surface area contributed by atoms with Crippen molar-refractivity contribution in [2.45, 2.75) is 30.2 Å². The molecule has 2 rings (SSSR count). The fourth-order valence-corrected chi connectivity index (χ4v) is 4.45. The average molecular weight is 304 g/mol. The summed E-state index contributed by atoms with van der Waals surface area (Å²) in [4.78, 5) is 2.44. The van der Waals surface area contributed by atoms with Crippen molar-refractivity contribution in [1.82, 2.24) is 9.27 Å². The molecule has 1 aliphatic heterocycles. The van der Waals surface area contributed by atoms with Gasteiger partial charge in [0, 0.05) is 18.8 Å².